The topological polar surface area (TPSA) is 139 Å². The van der Waals surface area contributed by atoms with Gasteiger partial charge in [-0.3, -0.25) is 4.79 Å². The van der Waals surface area contributed by atoms with Crippen molar-refractivity contribution in [3.8, 4) is 11.9 Å². The van der Waals surface area contributed by atoms with Gasteiger partial charge >= 0.3 is 0 Å². The van der Waals surface area contributed by atoms with E-state index in [1.807, 2.05) is 0 Å². The Morgan fingerprint density at radius 3 is 2.68 bits per heavy atom. The summed E-state index contributed by atoms with van der Waals surface area (Å²) in [4.78, 5) is 25.0. The third-order valence-corrected chi connectivity index (χ3v) is 7.63. The molecule has 2 saturated heterocycles. The number of H-pyrrole nitrogens is 1. The number of nitrogens with one attached hydrogen (secondary N) is 1. The van der Waals surface area contributed by atoms with Gasteiger partial charge in [0.1, 0.15) is 47.7 Å². The van der Waals surface area contributed by atoms with Gasteiger partial charge in [0.2, 0.25) is 5.88 Å². The fourth-order valence-electron chi connectivity index (χ4n) is 5.19. The van der Waals surface area contributed by atoms with Gasteiger partial charge in [0, 0.05) is 13.1 Å². The average molecular weight is 593 g/mol. The molecule has 14 heteroatoms. The standard InChI is InChI=1S/C27H27ClF2N4O7/c1-12(35)26(37)34-4-2-13(3-5-34)14-6-17(29)15(18(30)7-14)9-40-25-16(28)8-19-24(32-25)33-27(31-19)41-21-11-39-22-20(36)10-38-23(21)22/h2,6-8,12,20-23,35-36H,3-5,9-11H2,1H3,(H,31,32,33)/t12?,20-,21-,22?,23-/m1/s1. The summed E-state index contributed by atoms with van der Waals surface area (Å²) in [5, 5.41) is 19.5. The van der Waals surface area contributed by atoms with Gasteiger partial charge in [0.25, 0.3) is 11.9 Å². The largest absolute Gasteiger partial charge is 0.471 e. The molecule has 3 aromatic rings. The number of benzene rings is 1. The van der Waals surface area contributed by atoms with E-state index in [9.17, 15) is 23.8 Å². The second kappa shape index (κ2) is 11.1. The number of ether oxygens (including phenoxy) is 4. The first-order valence-electron chi connectivity index (χ1n) is 13.1. The van der Waals surface area contributed by atoms with E-state index in [0.29, 0.717) is 29.6 Å². The van der Waals surface area contributed by atoms with Gasteiger partial charge in [0.05, 0.1) is 24.3 Å². The summed E-state index contributed by atoms with van der Waals surface area (Å²) < 4.78 is 52.5. The van der Waals surface area contributed by atoms with Crippen molar-refractivity contribution in [3.05, 3.63) is 52.1 Å². The van der Waals surface area contributed by atoms with Crippen LogP contribution in [0.2, 0.25) is 5.02 Å². The molecule has 1 aromatic carbocycles. The van der Waals surface area contributed by atoms with E-state index in [1.54, 1.807) is 6.08 Å². The van der Waals surface area contributed by atoms with Crippen molar-refractivity contribution < 1.29 is 42.7 Å². The number of halogens is 3. The lowest BCUT2D eigenvalue weighted by atomic mass is 9.97. The number of carbonyl (C=O) groups is 1. The first kappa shape index (κ1) is 27.8. The fourth-order valence-corrected chi connectivity index (χ4v) is 5.39. The Morgan fingerprint density at radius 2 is 1.98 bits per heavy atom. The molecular formula is C27H27ClF2N4O7. The molecule has 11 nitrogen and oxygen atoms in total. The molecular weight excluding hydrogens is 566 g/mol. The van der Waals surface area contributed by atoms with E-state index in [-0.39, 0.29) is 47.9 Å². The van der Waals surface area contributed by atoms with E-state index < -0.39 is 54.7 Å². The Kier molecular flexibility index (Phi) is 7.55. The van der Waals surface area contributed by atoms with Gasteiger partial charge in [0.15, 0.2) is 11.8 Å². The van der Waals surface area contributed by atoms with Crippen LogP contribution in [0, 0.1) is 11.6 Å². The first-order valence-corrected chi connectivity index (χ1v) is 13.5. The number of hydrogen-bond donors (Lipinski definition) is 3. The minimum Gasteiger partial charge on any atom is -0.471 e. The molecule has 3 N–H and O–H groups in total. The van der Waals surface area contributed by atoms with Crippen LogP contribution in [0.4, 0.5) is 8.78 Å². The molecule has 2 aromatic heterocycles. The lowest BCUT2D eigenvalue weighted by molar-refractivity contribution is -0.138. The van der Waals surface area contributed by atoms with E-state index in [1.165, 1.54) is 30.0 Å². The highest BCUT2D eigenvalue weighted by Crippen LogP contribution is 2.32. The minimum atomic E-state index is -1.11. The SMILES string of the molecule is CC(O)C(=O)N1CC=C(c2cc(F)c(COc3nc4nc(O[C@@H]5COC6[C@H](O)CO[C@@H]65)[nH]c4cc3Cl)c(F)c2)CC1. The Morgan fingerprint density at radius 1 is 1.22 bits per heavy atom. The van der Waals surface area contributed by atoms with Crippen molar-refractivity contribution in [1.82, 2.24) is 19.9 Å². The van der Waals surface area contributed by atoms with Gasteiger partial charge in [-0.25, -0.2) is 8.78 Å². The molecule has 41 heavy (non-hydrogen) atoms. The monoisotopic (exact) mass is 592 g/mol. The minimum absolute atomic E-state index is 0.0653. The molecule has 5 atom stereocenters. The van der Waals surface area contributed by atoms with Gasteiger partial charge in [-0.15, -0.1) is 0 Å². The number of imidazole rings is 1. The van der Waals surface area contributed by atoms with Gasteiger partial charge in [-0.05, 0) is 42.7 Å². The Hall–Kier alpha value is -3.36. The van der Waals surface area contributed by atoms with Crippen LogP contribution in [0.25, 0.3) is 16.7 Å². The summed E-state index contributed by atoms with van der Waals surface area (Å²) >= 11 is 6.32. The molecule has 6 rings (SSSR count). The fraction of sp³-hybridized carbons (Fsp3) is 0.444. The van der Waals surface area contributed by atoms with Gasteiger partial charge in [-0.2, -0.15) is 9.97 Å². The number of aromatic nitrogens is 3. The first-order chi connectivity index (χ1) is 19.7. The second-order valence-corrected chi connectivity index (χ2v) is 10.6. The van der Waals surface area contributed by atoms with Crippen LogP contribution < -0.4 is 9.47 Å². The van der Waals surface area contributed by atoms with Crippen LogP contribution in [0.15, 0.2) is 24.3 Å². The highest BCUT2D eigenvalue weighted by Gasteiger charge is 2.48. The Bertz CT molecular complexity index is 1490. The van der Waals surface area contributed by atoms with Crippen molar-refractivity contribution in [3.63, 3.8) is 0 Å². The molecule has 5 heterocycles. The van der Waals surface area contributed by atoms with Crippen molar-refractivity contribution in [2.75, 3.05) is 26.3 Å². The predicted octanol–water partition coefficient (Wildman–Crippen LogP) is 2.37. The molecule has 1 amide bonds. The number of carbonyl (C=O) groups excluding carboxylic acids is 1. The maximum Gasteiger partial charge on any atom is 0.296 e. The third kappa shape index (κ3) is 5.47. The summed E-state index contributed by atoms with van der Waals surface area (Å²) in [5.41, 5.74) is 1.44. The number of pyridine rings is 1. The molecule has 0 radical (unpaired) electrons. The van der Waals surface area contributed by atoms with Gasteiger partial charge < -0.3 is 39.0 Å². The number of hydrogen-bond acceptors (Lipinski definition) is 9. The van der Waals surface area contributed by atoms with Crippen molar-refractivity contribution in [2.45, 2.75) is 50.5 Å². The quantitative estimate of drug-likeness (QED) is 0.377. The van der Waals surface area contributed by atoms with Crippen LogP contribution in [-0.4, -0.2) is 92.8 Å². The van der Waals surface area contributed by atoms with E-state index in [0.717, 1.165) is 0 Å². The molecule has 0 bridgehead atoms. The van der Waals surface area contributed by atoms with Crippen LogP contribution in [0.5, 0.6) is 11.9 Å². The number of amides is 1. The number of rotatable bonds is 7. The number of fused-ring (bicyclic) bond motifs is 2. The van der Waals surface area contributed by atoms with E-state index in [2.05, 4.69) is 15.0 Å². The lowest BCUT2D eigenvalue weighted by Crippen LogP contribution is -2.40. The summed E-state index contributed by atoms with van der Waals surface area (Å²) in [7, 11) is 0. The zero-order valence-electron chi connectivity index (χ0n) is 21.8. The van der Waals surface area contributed by atoms with Crippen molar-refractivity contribution in [1.29, 1.82) is 0 Å². The van der Waals surface area contributed by atoms with Crippen molar-refractivity contribution >= 4 is 34.2 Å². The normalized spacial score (nSPS) is 24.8. The maximum absolute atomic E-state index is 15.0. The van der Waals surface area contributed by atoms with Crippen molar-refractivity contribution in [2.24, 2.45) is 0 Å². The van der Waals surface area contributed by atoms with E-state index >= 15 is 0 Å². The highest BCUT2D eigenvalue weighted by atomic mass is 35.5. The van der Waals surface area contributed by atoms with E-state index in [4.69, 9.17) is 30.5 Å². The molecule has 2 fully saturated rings. The molecule has 218 valence electrons. The lowest BCUT2D eigenvalue weighted by Gasteiger charge is -2.27. The molecule has 2 unspecified atom stereocenters. The summed E-state index contributed by atoms with van der Waals surface area (Å²) in [6.07, 6.45) is -1.06. The van der Waals surface area contributed by atoms with Crippen LogP contribution >= 0.6 is 11.6 Å². The molecule has 3 aliphatic rings. The highest BCUT2D eigenvalue weighted by molar-refractivity contribution is 6.32. The number of aliphatic hydroxyl groups is 2. The summed E-state index contributed by atoms with van der Waals surface area (Å²) in [6.45, 7) is 1.89. The number of aliphatic hydroxyl groups excluding tert-OH is 2. The van der Waals surface area contributed by atoms with Crippen LogP contribution in [0.1, 0.15) is 24.5 Å². The zero-order valence-corrected chi connectivity index (χ0v) is 22.6. The smallest absolute Gasteiger partial charge is 0.296 e. The third-order valence-electron chi connectivity index (χ3n) is 7.36. The zero-order chi connectivity index (χ0) is 28.8. The number of aromatic amines is 1. The predicted molar refractivity (Wildman–Crippen MR) is 140 cm³/mol. The average Bonchev–Trinajstić information content (AvgIpc) is 3.64. The number of nitrogens with zero attached hydrogens (tertiary/aromatic N) is 3. The summed E-state index contributed by atoms with van der Waals surface area (Å²) in [6, 6.07) is 4.10. The molecule has 0 saturated carbocycles. The Balaban J connectivity index is 1.13. The Labute approximate surface area is 237 Å². The maximum atomic E-state index is 15.0. The van der Waals surface area contributed by atoms with Crippen LogP contribution in [0.3, 0.4) is 0 Å². The van der Waals surface area contributed by atoms with Gasteiger partial charge in [-0.1, -0.05) is 17.7 Å². The second-order valence-electron chi connectivity index (χ2n) is 10.2. The summed E-state index contributed by atoms with van der Waals surface area (Å²) in [5.74, 6) is -2.06. The molecule has 0 aliphatic carbocycles. The molecule has 0 spiro atoms. The van der Waals surface area contributed by atoms with Crippen LogP contribution in [-0.2, 0) is 20.9 Å². The molecule has 3 aliphatic heterocycles.